The third kappa shape index (κ3) is 4.26. The first-order chi connectivity index (χ1) is 8.17. The van der Waals surface area contributed by atoms with E-state index in [4.69, 9.17) is 0 Å². The maximum Gasteiger partial charge on any atom is 0.315 e. The van der Waals surface area contributed by atoms with E-state index in [1.807, 2.05) is 37.3 Å². The van der Waals surface area contributed by atoms with E-state index in [9.17, 15) is 9.59 Å². The zero-order valence-corrected chi connectivity index (χ0v) is 10.2. The molecule has 0 aliphatic rings. The standard InChI is InChI=1S/C13H17NO3/c1-3-14(12(15)9-13(16)17-2)10-11-7-5-4-6-8-11/h4-8H,3,9-10H2,1-2H3. The fourth-order valence-corrected chi connectivity index (χ4v) is 1.49. The predicted octanol–water partition coefficient (Wildman–Crippen LogP) is 1.60. The second kappa shape index (κ2) is 6.68. The number of methoxy groups -OCH3 is 1. The summed E-state index contributed by atoms with van der Waals surface area (Å²) in [6.45, 7) is 2.98. The molecular weight excluding hydrogens is 218 g/mol. The van der Waals surface area contributed by atoms with Gasteiger partial charge >= 0.3 is 5.97 Å². The molecule has 0 bridgehead atoms. The Hall–Kier alpha value is -1.84. The molecule has 1 rings (SSSR count). The Bertz CT molecular complexity index is 376. The Balaban J connectivity index is 2.59. The van der Waals surface area contributed by atoms with Crippen molar-refractivity contribution < 1.29 is 14.3 Å². The maximum absolute atomic E-state index is 11.8. The van der Waals surface area contributed by atoms with Crippen molar-refractivity contribution in [1.82, 2.24) is 4.90 Å². The fourth-order valence-electron chi connectivity index (χ4n) is 1.49. The third-order valence-electron chi connectivity index (χ3n) is 2.47. The molecule has 0 saturated carbocycles. The number of hydrogen-bond donors (Lipinski definition) is 0. The van der Waals surface area contributed by atoms with Crippen molar-refractivity contribution >= 4 is 11.9 Å². The van der Waals surface area contributed by atoms with Gasteiger partial charge in [-0.25, -0.2) is 0 Å². The normalized spacial score (nSPS) is 9.76. The van der Waals surface area contributed by atoms with Crippen LogP contribution in [0.4, 0.5) is 0 Å². The molecule has 0 spiro atoms. The van der Waals surface area contributed by atoms with Crippen LogP contribution in [0.1, 0.15) is 18.9 Å². The van der Waals surface area contributed by atoms with Crippen molar-refractivity contribution in [3.05, 3.63) is 35.9 Å². The Morgan fingerprint density at radius 3 is 2.41 bits per heavy atom. The van der Waals surface area contributed by atoms with Gasteiger partial charge in [-0.1, -0.05) is 30.3 Å². The van der Waals surface area contributed by atoms with Gasteiger partial charge in [-0.3, -0.25) is 9.59 Å². The summed E-state index contributed by atoms with van der Waals surface area (Å²) in [5.74, 6) is -0.704. The largest absolute Gasteiger partial charge is 0.469 e. The number of ether oxygens (including phenoxy) is 1. The molecule has 1 aromatic carbocycles. The quantitative estimate of drug-likeness (QED) is 0.575. The van der Waals surface area contributed by atoms with Gasteiger partial charge in [0.05, 0.1) is 7.11 Å². The molecule has 17 heavy (non-hydrogen) atoms. The summed E-state index contributed by atoms with van der Waals surface area (Å²) in [6, 6.07) is 9.68. The highest BCUT2D eigenvalue weighted by Crippen LogP contribution is 2.06. The number of amides is 1. The van der Waals surface area contributed by atoms with Crippen LogP contribution < -0.4 is 0 Å². The van der Waals surface area contributed by atoms with Crippen molar-refractivity contribution in [2.75, 3.05) is 13.7 Å². The van der Waals surface area contributed by atoms with E-state index >= 15 is 0 Å². The molecule has 0 N–H and O–H groups in total. The smallest absolute Gasteiger partial charge is 0.315 e. The lowest BCUT2D eigenvalue weighted by molar-refractivity contribution is -0.146. The molecule has 92 valence electrons. The minimum atomic E-state index is -0.499. The second-order valence-electron chi connectivity index (χ2n) is 3.65. The molecule has 0 aliphatic carbocycles. The lowest BCUT2D eigenvalue weighted by Gasteiger charge is -2.20. The van der Waals surface area contributed by atoms with Crippen LogP contribution in [0.25, 0.3) is 0 Å². The molecule has 0 fully saturated rings. The van der Waals surface area contributed by atoms with E-state index in [0.29, 0.717) is 13.1 Å². The number of hydrogen-bond acceptors (Lipinski definition) is 3. The van der Waals surface area contributed by atoms with Crippen LogP contribution >= 0.6 is 0 Å². The van der Waals surface area contributed by atoms with E-state index in [0.717, 1.165) is 5.56 Å². The van der Waals surface area contributed by atoms with Gasteiger partial charge in [0.1, 0.15) is 6.42 Å². The molecule has 0 unspecified atom stereocenters. The number of carbonyl (C=O) groups is 2. The van der Waals surface area contributed by atoms with Gasteiger partial charge in [-0.05, 0) is 12.5 Å². The predicted molar refractivity (Wildman–Crippen MR) is 64.2 cm³/mol. The molecule has 0 saturated heterocycles. The maximum atomic E-state index is 11.8. The lowest BCUT2D eigenvalue weighted by Crippen LogP contribution is -2.32. The van der Waals surface area contributed by atoms with Gasteiger partial charge in [-0.2, -0.15) is 0 Å². The molecule has 0 atom stereocenters. The van der Waals surface area contributed by atoms with Crippen molar-refractivity contribution in [2.45, 2.75) is 19.9 Å². The first kappa shape index (κ1) is 13.2. The molecule has 4 nitrogen and oxygen atoms in total. The highest BCUT2D eigenvalue weighted by atomic mass is 16.5. The van der Waals surface area contributed by atoms with Crippen molar-refractivity contribution in [3.8, 4) is 0 Å². The zero-order chi connectivity index (χ0) is 12.7. The van der Waals surface area contributed by atoms with Gasteiger partial charge in [-0.15, -0.1) is 0 Å². The number of esters is 1. The number of nitrogens with zero attached hydrogens (tertiary/aromatic N) is 1. The molecule has 0 heterocycles. The monoisotopic (exact) mass is 235 g/mol. The molecule has 0 aromatic heterocycles. The summed E-state index contributed by atoms with van der Waals surface area (Å²) < 4.78 is 4.48. The number of rotatable bonds is 5. The molecule has 4 heteroatoms. The van der Waals surface area contributed by atoms with Gasteiger partial charge in [0.25, 0.3) is 0 Å². The van der Waals surface area contributed by atoms with Crippen LogP contribution in [0.3, 0.4) is 0 Å². The average molecular weight is 235 g/mol. The van der Waals surface area contributed by atoms with Gasteiger partial charge in [0.15, 0.2) is 0 Å². The molecule has 0 aliphatic heterocycles. The molecule has 0 radical (unpaired) electrons. The summed E-state index contributed by atoms with van der Waals surface area (Å²) in [6.07, 6.45) is -0.197. The van der Waals surface area contributed by atoms with E-state index in [1.165, 1.54) is 7.11 Å². The van der Waals surface area contributed by atoms with Gasteiger partial charge in [0.2, 0.25) is 5.91 Å². The summed E-state index contributed by atoms with van der Waals surface area (Å²) in [7, 11) is 1.28. The zero-order valence-electron chi connectivity index (χ0n) is 10.2. The third-order valence-corrected chi connectivity index (χ3v) is 2.47. The average Bonchev–Trinajstić information content (AvgIpc) is 2.36. The first-order valence-electron chi connectivity index (χ1n) is 5.56. The van der Waals surface area contributed by atoms with Crippen molar-refractivity contribution in [2.24, 2.45) is 0 Å². The Morgan fingerprint density at radius 1 is 1.24 bits per heavy atom. The van der Waals surface area contributed by atoms with Crippen LogP contribution in [0, 0.1) is 0 Å². The Kier molecular flexibility index (Phi) is 5.20. The lowest BCUT2D eigenvalue weighted by atomic mass is 10.2. The van der Waals surface area contributed by atoms with Crippen LogP contribution in [0.2, 0.25) is 0 Å². The van der Waals surface area contributed by atoms with E-state index < -0.39 is 5.97 Å². The number of benzene rings is 1. The van der Waals surface area contributed by atoms with Crippen LogP contribution in [0.5, 0.6) is 0 Å². The minimum Gasteiger partial charge on any atom is -0.469 e. The van der Waals surface area contributed by atoms with E-state index in [1.54, 1.807) is 4.90 Å². The SMILES string of the molecule is CCN(Cc1ccccc1)C(=O)CC(=O)OC. The van der Waals surface area contributed by atoms with Crippen molar-refractivity contribution in [3.63, 3.8) is 0 Å². The summed E-state index contributed by atoms with van der Waals surface area (Å²) in [4.78, 5) is 24.4. The van der Waals surface area contributed by atoms with Crippen LogP contribution in [-0.2, 0) is 20.9 Å². The highest BCUT2D eigenvalue weighted by molar-refractivity contribution is 5.94. The number of carbonyl (C=O) groups excluding carboxylic acids is 2. The fraction of sp³-hybridized carbons (Fsp3) is 0.385. The summed E-state index contributed by atoms with van der Waals surface area (Å²) >= 11 is 0. The summed E-state index contributed by atoms with van der Waals surface area (Å²) in [5, 5.41) is 0. The Labute approximate surface area is 101 Å². The summed E-state index contributed by atoms with van der Waals surface area (Å²) in [5.41, 5.74) is 1.05. The van der Waals surface area contributed by atoms with Crippen molar-refractivity contribution in [1.29, 1.82) is 0 Å². The molecule has 1 amide bonds. The second-order valence-corrected chi connectivity index (χ2v) is 3.65. The van der Waals surface area contributed by atoms with E-state index in [2.05, 4.69) is 4.74 Å². The molecular formula is C13H17NO3. The molecule has 1 aromatic rings. The topological polar surface area (TPSA) is 46.6 Å². The van der Waals surface area contributed by atoms with Crippen LogP contribution in [-0.4, -0.2) is 30.4 Å². The first-order valence-corrected chi connectivity index (χ1v) is 5.56. The Morgan fingerprint density at radius 2 is 1.88 bits per heavy atom. The minimum absolute atomic E-state index is 0.197. The van der Waals surface area contributed by atoms with Crippen LogP contribution in [0.15, 0.2) is 30.3 Å². The van der Waals surface area contributed by atoms with E-state index in [-0.39, 0.29) is 12.3 Å². The highest BCUT2D eigenvalue weighted by Gasteiger charge is 2.16. The van der Waals surface area contributed by atoms with Gasteiger partial charge < -0.3 is 9.64 Å². The van der Waals surface area contributed by atoms with Gasteiger partial charge in [0, 0.05) is 13.1 Å².